The van der Waals surface area contributed by atoms with Crippen LogP contribution in [0.2, 0.25) is 5.02 Å². The minimum atomic E-state index is 0. The first-order valence-corrected chi connectivity index (χ1v) is 10.5. The Kier molecular flexibility index (Phi) is 10.6. The molecule has 2 aromatic rings. The topological polar surface area (TPSA) is 57.2 Å². The minimum Gasteiger partial charge on any atom is -0.380 e. The Labute approximate surface area is 206 Å². The number of benzene rings is 2. The third-order valence-corrected chi connectivity index (χ3v) is 5.48. The van der Waals surface area contributed by atoms with Crippen molar-refractivity contribution in [3.63, 3.8) is 0 Å². The lowest BCUT2D eigenvalue weighted by atomic mass is 10.1. The molecule has 0 atom stereocenters. The molecule has 0 unspecified atom stereocenters. The Morgan fingerprint density at radius 3 is 2.39 bits per heavy atom. The van der Waals surface area contributed by atoms with E-state index in [1.165, 1.54) is 11.1 Å². The van der Waals surface area contributed by atoms with E-state index in [4.69, 9.17) is 16.3 Å². The summed E-state index contributed by atoms with van der Waals surface area (Å²) in [5.74, 6) is 0.984. The Balaban J connectivity index is 0.00000341. The maximum Gasteiger partial charge on any atom is 0.227 e. The molecule has 31 heavy (non-hydrogen) atoms. The maximum atomic E-state index is 12.6. The van der Waals surface area contributed by atoms with Crippen LogP contribution in [-0.2, 0) is 29.1 Å². The number of nitrogens with one attached hydrogen (secondary N) is 1. The van der Waals surface area contributed by atoms with Gasteiger partial charge < -0.3 is 19.9 Å². The molecule has 1 aliphatic heterocycles. The van der Waals surface area contributed by atoms with Crippen LogP contribution < -0.4 is 5.32 Å². The van der Waals surface area contributed by atoms with Gasteiger partial charge in [0.15, 0.2) is 5.96 Å². The molecule has 0 saturated carbocycles. The molecule has 1 N–H and O–H groups in total. The lowest BCUT2D eigenvalue weighted by Gasteiger charge is -2.36. The van der Waals surface area contributed by atoms with Crippen molar-refractivity contribution in [2.45, 2.75) is 19.6 Å². The molecule has 0 aliphatic carbocycles. The fourth-order valence-electron chi connectivity index (χ4n) is 3.63. The van der Waals surface area contributed by atoms with Gasteiger partial charge in [-0.1, -0.05) is 48.0 Å². The minimum absolute atomic E-state index is 0. The van der Waals surface area contributed by atoms with E-state index in [0.29, 0.717) is 37.7 Å². The van der Waals surface area contributed by atoms with E-state index < -0.39 is 0 Å². The average molecular weight is 557 g/mol. The zero-order valence-corrected chi connectivity index (χ0v) is 21.1. The van der Waals surface area contributed by atoms with Crippen molar-refractivity contribution in [2.24, 2.45) is 4.99 Å². The van der Waals surface area contributed by atoms with Crippen molar-refractivity contribution >= 4 is 47.4 Å². The second kappa shape index (κ2) is 12.9. The molecule has 1 saturated heterocycles. The first-order valence-electron chi connectivity index (χ1n) is 10.1. The van der Waals surface area contributed by atoms with E-state index in [1.54, 1.807) is 14.2 Å². The van der Waals surface area contributed by atoms with Gasteiger partial charge in [0, 0.05) is 51.9 Å². The van der Waals surface area contributed by atoms with Crippen LogP contribution in [0.5, 0.6) is 0 Å². The highest BCUT2D eigenvalue weighted by Crippen LogP contribution is 2.13. The lowest BCUT2D eigenvalue weighted by Crippen LogP contribution is -2.53. The predicted octanol–water partition coefficient (Wildman–Crippen LogP) is 3.57. The second-order valence-corrected chi connectivity index (χ2v) is 7.71. The lowest BCUT2D eigenvalue weighted by molar-refractivity contribution is -0.131. The highest BCUT2D eigenvalue weighted by molar-refractivity contribution is 14.0. The first-order chi connectivity index (χ1) is 14.6. The number of aliphatic imine (C=N–C) groups is 1. The molecule has 1 heterocycles. The molecule has 0 bridgehead atoms. The Hall–Kier alpha value is -1.84. The molecule has 2 aromatic carbocycles. The molecule has 0 spiro atoms. The molecule has 1 fully saturated rings. The number of piperazine rings is 1. The third kappa shape index (κ3) is 7.36. The quantitative estimate of drug-likeness (QED) is 0.336. The van der Waals surface area contributed by atoms with Crippen LogP contribution in [0.15, 0.2) is 53.5 Å². The fourth-order valence-corrected chi connectivity index (χ4v) is 3.85. The van der Waals surface area contributed by atoms with Gasteiger partial charge in [-0.25, -0.2) is 0 Å². The molecule has 1 aliphatic rings. The summed E-state index contributed by atoms with van der Waals surface area (Å²) >= 11 is 6.03. The molecule has 3 rings (SSSR count). The van der Waals surface area contributed by atoms with Crippen molar-refractivity contribution in [1.29, 1.82) is 0 Å². The number of hydrogen-bond donors (Lipinski definition) is 1. The van der Waals surface area contributed by atoms with Crippen LogP contribution in [0.3, 0.4) is 0 Å². The molecule has 0 radical (unpaired) electrons. The number of ether oxygens (including phenoxy) is 1. The molecule has 1 amide bonds. The van der Waals surface area contributed by atoms with Crippen molar-refractivity contribution in [2.75, 3.05) is 40.3 Å². The Bertz CT molecular complexity index is 885. The van der Waals surface area contributed by atoms with E-state index >= 15 is 0 Å². The van der Waals surface area contributed by atoms with Gasteiger partial charge in [-0.3, -0.25) is 9.79 Å². The maximum absolute atomic E-state index is 12.6. The fraction of sp³-hybridized carbons (Fsp3) is 0.391. The van der Waals surface area contributed by atoms with Gasteiger partial charge in [-0.05, 0) is 28.8 Å². The van der Waals surface area contributed by atoms with Crippen molar-refractivity contribution < 1.29 is 9.53 Å². The summed E-state index contributed by atoms with van der Waals surface area (Å²) in [5, 5.41) is 4.11. The van der Waals surface area contributed by atoms with Crippen LogP contribution in [0.4, 0.5) is 0 Å². The van der Waals surface area contributed by atoms with Crippen LogP contribution >= 0.6 is 35.6 Å². The number of halogens is 2. The summed E-state index contributed by atoms with van der Waals surface area (Å²) in [6.45, 7) is 4.13. The highest BCUT2D eigenvalue weighted by Gasteiger charge is 2.23. The number of rotatable bonds is 6. The number of nitrogens with zero attached hydrogens (tertiary/aromatic N) is 3. The summed E-state index contributed by atoms with van der Waals surface area (Å²) in [6.07, 6.45) is 0.379. The van der Waals surface area contributed by atoms with Gasteiger partial charge in [0.1, 0.15) is 0 Å². The predicted molar refractivity (Wildman–Crippen MR) is 136 cm³/mol. The molecule has 0 aromatic heterocycles. The SMILES string of the molecule is CN=C(NCc1ccccc1COC)N1CCN(C(=O)Cc2cccc(Cl)c2)CC1.I. The summed E-state index contributed by atoms with van der Waals surface area (Å²) < 4.78 is 5.29. The van der Waals surface area contributed by atoms with Gasteiger partial charge in [0.25, 0.3) is 0 Å². The number of amides is 1. The summed E-state index contributed by atoms with van der Waals surface area (Å²) in [5.41, 5.74) is 3.30. The number of guanidine groups is 1. The molecule has 6 nitrogen and oxygen atoms in total. The first kappa shape index (κ1) is 25.4. The van der Waals surface area contributed by atoms with Crippen LogP contribution in [0.1, 0.15) is 16.7 Å². The zero-order valence-electron chi connectivity index (χ0n) is 18.0. The normalized spacial score (nSPS) is 14.2. The average Bonchev–Trinajstić information content (AvgIpc) is 2.76. The van der Waals surface area contributed by atoms with Gasteiger partial charge in [0.05, 0.1) is 13.0 Å². The molecular formula is C23H30ClIN4O2. The standard InChI is InChI=1S/C23H29ClN4O2.HI/c1-25-23(26-16-19-7-3-4-8-20(19)17-30-2)28-12-10-27(11-13-28)22(29)15-18-6-5-9-21(24)14-18;/h3-9,14H,10-13,15-17H2,1-2H3,(H,25,26);1H. The van der Waals surface area contributed by atoms with Crippen molar-refractivity contribution in [3.8, 4) is 0 Å². The third-order valence-electron chi connectivity index (χ3n) is 5.24. The second-order valence-electron chi connectivity index (χ2n) is 7.28. The van der Waals surface area contributed by atoms with Crippen LogP contribution in [0, 0.1) is 0 Å². The van der Waals surface area contributed by atoms with Gasteiger partial charge in [0.2, 0.25) is 5.91 Å². The van der Waals surface area contributed by atoms with E-state index in [2.05, 4.69) is 27.3 Å². The van der Waals surface area contributed by atoms with Gasteiger partial charge >= 0.3 is 0 Å². The largest absolute Gasteiger partial charge is 0.380 e. The summed E-state index contributed by atoms with van der Waals surface area (Å²) in [4.78, 5) is 21.2. The Morgan fingerprint density at radius 2 is 1.74 bits per heavy atom. The number of carbonyl (C=O) groups excluding carboxylic acids is 1. The number of carbonyl (C=O) groups is 1. The van der Waals surface area contributed by atoms with Crippen molar-refractivity contribution in [3.05, 3.63) is 70.2 Å². The monoisotopic (exact) mass is 556 g/mol. The van der Waals surface area contributed by atoms with Crippen molar-refractivity contribution in [1.82, 2.24) is 15.1 Å². The highest BCUT2D eigenvalue weighted by atomic mass is 127. The molecule has 168 valence electrons. The van der Waals surface area contributed by atoms with E-state index in [1.807, 2.05) is 41.3 Å². The smallest absolute Gasteiger partial charge is 0.227 e. The van der Waals surface area contributed by atoms with Gasteiger partial charge in [-0.2, -0.15) is 0 Å². The van der Waals surface area contributed by atoms with E-state index in [9.17, 15) is 4.79 Å². The van der Waals surface area contributed by atoms with Crippen LogP contribution in [0.25, 0.3) is 0 Å². The summed E-state index contributed by atoms with van der Waals surface area (Å²) in [7, 11) is 3.50. The number of hydrogen-bond acceptors (Lipinski definition) is 3. The van der Waals surface area contributed by atoms with E-state index in [-0.39, 0.29) is 29.9 Å². The molecular weight excluding hydrogens is 527 g/mol. The van der Waals surface area contributed by atoms with E-state index in [0.717, 1.165) is 24.6 Å². The Morgan fingerprint density at radius 1 is 1.06 bits per heavy atom. The number of methoxy groups -OCH3 is 1. The molecule has 8 heteroatoms. The summed E-state index contributed by atoms with van der Waals surface area (Å²) in [6, 6.07) is 15.7. The van der Waals surface area contributed by atoms with Gasteiger partial charge in [-0.15, -0.1) is 24.0 Å². The zero-order chi connectivity index (χ0) is 21.3. The van der Waals surface area contributed by atoms with Crippen LogP contribution in [-0.4, -0.2) is 62.0 Å².